The molecule has 0 aliphatic carbocycles. The van der Waals surface area contributed by atoms with Crippen molar-refractivity contribution in [2.24, 2.45) is 0 Å². The van der Waals surface area contributed by atoms with Crippen molar-refractivity contribution in [2.45, 2.75) is 24.4 Å². The zero-order valence-corrected chi connectivity index (χ0v) is 14.4. The van der Waals surface area contributed by atoms with Gasteiger partial charge in [0, 0.05) is 17.6 Å². The zero-order valence-electron chi connectivity index (χ0n) is 12.0. The Balaban J connectivity index is 1.65. The summed E-state index contributed by atoms with van der Waals surface area (Å²) >= 11 is 4.78. The molecule has 8 heteroatoms. The van der Waals surface area contributed by atoms with Gasteiger partial charge in [-0.2, -0.15) is 4.68 Å². The topological polar surface area (TPSA) is 63.9 Å². The second kappa shape index (κ2) is 7.23. The van der Waals surface area contributed by atoms with Crippen LogP contribution in [0.5, 0.6) is 0 Å². The quantitative estimate of drug-likeness (QED) is 0.761. The normalized spacial score (nSPS) is 15.0. The van der Waals surface area contributed by atoms with Crippen LogP contribution in [0.4, 0.5) is 0 Å². The molecule has 1 aromatic heterocycles. The molecule has 0 spiro atoms. The van der Waals surface area contributed by atoms with Crippen LogP contribution in [0.1, 0.15) is 19.3 Å². The van der Waals surface area contributed by atoms with Crippen LogP contribution in [0.25, 0.3) is 5.69 Å². The number of aromatic nitrogens is 4. The summed E-state index contributed by atoms with van der Waals surface area (Å²) in [5.41, 5.74) is 0.876. The van der Waals surface area contributed by atoms with E-state index in [9.17, 15) is 4.79 Å². The first-order chi connectivity index (χ1) is 10.7. The number of carbonyl (C=O) groups is 1. The lowest BCUT2D eigenvalue weighted by Gasteiger charge is -2.26. The molecule has 1 aliphatic heterocycles. The summed E-state index contributed by atoms with van der Waals surface area (Å²) in [5.74, 6) is 0.534. The molecular weight excluding hydrogens is 366 g/mol. The van der Waals surface area contributed by atoms with E-state index in [-0.39, 0.29) is 5.91 Å². The maximum atomic E-state index is 12.2. The van der Waals surface area contributed by atoms with Crippen molar-refractivity contribution < 1.29 is 4.79 Å². The maximum absolute atomic E-state index is 12.2. The van der Waals surface area contributed by atoms with Gasteiger partial charge >= 0.3 is 0 Å². The van der Waals surface area contributed by atoms with Gasteiger partial charge < -0.3 is 4.90 Å². The fraction of sp³-hybridized carbons (Fsp3) is 0.429. The Bertz CT molecular complexity index is 639. The fourth-order valence-corrected chi connectivity index (χ4v) is 3.43. The predicted molar refractivity (Wildman–Crippen MR) is 88.0 cm³/mol. The van der Waals surface area contributed by atoms with Gasteiger partial charge in [-0.1, -0.05) is 27.7 Å². The molecule has 1 amide bonds. The van der Waals surface area contributed by atoms with Crippen LogP contribution >= 0.6 is 27.7 Å². The zero-order chi connectivity index (χ0) is 15.4. The molecule has 6 nitrogen and oxygen atoms in total. The minimum absolute atomic E-state index is 0.162. The van der Waals surface area contributed by atoms with E-state index in [0.29, 0.717) is 10.9 Å². The van der Waals surface area contributed by atoms with Gasteiger partial charge in [-0.3, -0.25) is 4.79 Å². The van der Waals surface area contributed by atoms with Crippen LogP contribution in [-0.2, 0) is 4.79 Å². The summed E-state index contributed by atoms with van der Waals surface area (Å²) < 4.78 is 2.65. The molecule has 0 bridgehead atoms. The highest BCUT2D eigenvalue weighted by molar-refractivity contribution is 9.10. The van der Waals surface area contributed by atoms with Crippen molar-refractivity contribution in [3.8, 4) is 5.69 Å². The molecule has 0 unspecified atom stereocenters. The number of hydrogen-bond donors (Lipinski definition) is 0. The Morgan fingerprint density at radius 2 is 1.91 bits per heavy atom. The number of likely N-dealkylation sites (tertiary alicyclic amines) is 1. The first-order valence-electron chi connectivity index (χ1n) is 7.19. The number of nitrogens with zero attached hydrogens (tertiary/aromatic N) is 5. The van der Waals surface area contributed by atoms with Crippen molar-refractivity contribution in [1.29, 1.82) is 0 Å². The molecule has 0 atom stereocenters. The number of piperidine rings is 1. The van der Waals surface area contributed by atoms with E-state index in [1.807, 2.05) is 29.2 Å². The van der Waals surface area contributed by atoms with Crippen molar-refractivity contribution in [1.82, 2.24) is 25.1 Å². The van der Waals surface area contributed by atoms with E-state index in [1.165, 1.54) is 18.2 Å². The van der Waals surface area contributed by atoms with E-state index in [0.717, 1.165) is 36.1 Å². The largest absolute Gasteiger partial charge is 0.342 e. The number of hydrogen-bond acceptors (Lipinski definition) is 5. The number of tetrazole rings is 1. The molecule has 1 aromatic carbocycles. The van der Waals surface area contributed by atoms with Crippen molar-refractivity contribution >= 4 is 33.6 Å². The Morgan fingerprint density at radius 1 is 1.18 bits per heavy atom. The second-order valence-corrected chi connectivity index (χ2v) is 6.94. The van der Waals surface area contributed by atoms with Gasteiger partial charge in [0.05, 0.1) is 11.4 Å². The van der Waals surface area contributed by atoms with Crippen LogP contribution in [-0.4, -0.2) is 49.9 Å². The van der Waals surface area contributed by atoms with Gasteiger partial charge in [-0.25, -0.2) is 0 Å². The predicted octanol–water partition coefficient (Wildman–Crippen LogP) is 2.53. The molecule has 2 heterocycles. The molecule has 0 N–H and O–H groups in total. The molecule has 116 valence electrons. The molecule has 1 fully saturated rings. The van der Waals surface area contributed by atoms with Gasteiger partial charge in [0.2, 0.25) is 11.1 Å². The molecule has 22 heavy (non-hydrogen) atoms. The number of benzene rings is 1. The fourth-order valence-electron chi connectivity index (χ4n) is 2.37. The number of amides is 1. The molecule has 1 saturated heterocycles. The van der Waals surface area contributed by atoms with Gasteiger partial charge in [-0.15, -0.1) is 5.10 Å². The minimum atomic E-state index is 0.162. The average Bonchev–Trinajstić information content (AvgIpc) is 3.02. The smallest absolute Gasteiger partial charge is 0.233 e. The summed E-state index contributed by atoms with van der Waals surface area (Å²) in [7, 11) is 0. The van der Waals surface area contributed by atoms with E-state index in [2.05, 4.69) is 31.5 Å². The van der Waals surface area contributed by atoms with E-state index >= 15 is 0 Å². The van der Waals surface area contributed by atoms with Crippen LogP contribution in [0, 0.1) is 0 Å². The van der Waals surface area contributed by atoms with Crippen LogP contribution in [0.3, 0.4) is 0 Å². The van der Waals surface area contributed by atoms with E-state index < -0.39 is 0 Å². The van der Waals surface area contributed by atoms with Crippen molar-refractivity contribution in [2.75, 3.05) is 18.8 Å². The van der Waals surface area contributed by atoms with Crippen molar-refractivity contribution in [3.05, 3.63) is 28.7 Å². The lowest BCUT2D eigenvalue weighted by molar-refractivity contribution is -0.129. The van der Waals surface area contributed by atoms with Gasteiger partial charge in [-0.05, 0) is 54.0 Å². The Morgan fingerprint density at radius 3 is 2.64 bits per heavy atom. The van der Waals surface area contributed by atoms with Gasteiger partial charge in [0.1, 0.15) is 0 Å². The minimum Gasteiger partial charge on any atom is -0.342 e. The molecule has 1 aliphatic rings. The number of thioether (sulfide) groups is 1. The molecular formula is C14H16BrN5OS. The summed E-state index contributed by atoms with van der Waals surface area (Å²) in [4.78, 5) is 14.1. The first-order valence-corrected chi connectivity index (χ1v) is 8.97. The highest BCUT2D eigenvalue weighted by Crippen LogP contribution is 2.21. The van der Waals surface area contributed by atoms with Crippen molar-refractivity contribution in [3.63, 3.8) is 0 Å². The van der Waals surface area contributed by atoms with Gasteiger partial charge in [0.15, 0.2) is 0 Å². The number of carbonyl (C=O) groups excluding carboxylic acids is 1. The third-order valence-electron chi connectivity index (χ3n) is 3.55. The lowest BCUT2D eigenvalue weighted by atomic mass is 10.1. The third-order valence-corrected chi connectivity index (χ3v) is 4.98. The summed E-state index contributed by atoms with van der Waals surface area (Å²) in [6.07, 6.45) is 3.43. The Labute approximate surface area is 141 Å². The standard InChI is InChI=1S/C14H16BrN5OS/c15-11-4-6-12(7-5-11)20-14(16-17-18-20)22-10-13(21)19-8-2-1-3-9-19/h4-7H,1-3,8-10H2. The van der Waals surface area contributed by atoms with Gasteiger partial charge in [0.25, 0.3) is 0 Å². The van der Waals surface area contributed by atoms with Crippen LogP contribution < -0.4 is 0 Å². The number of halogens is 1. The Hall–Kier alpha value is -1.41. The lowest BCUT2D eigenvalue weighted by Crippen LogP contribution is -2.36. The van der Waals surface area contributed by atoms with E-state index in [1.54, 1.807) is 4.68 Å². The Kier molecular flexibility index (Phi) is 5.09. The highest BCUT2D eigenvalue weighted by Gasteiger charge is 2.18. The third kappa shape index (κ3) is 3.67. The van der Waals surface area contributed by atoms with E-state index in [4.69, 9.17) is 0 Å². The second-order valence-electron chi connectivity index (χ2n) is 5.08. The molecule has 2 aromatic rings. The molecule has 0 radical (unpaired) electrons. The highest BCUT2D eigenvalue weighted by atomic mass is 79.9. The SMILES string of the molecule is O=C(CSc1nnnn1-c1ccc(Br)cc1)N1CCCCC1. The first kappa shape index (κ1) is 15.5. The molecule has 0 saturated carbocycles. The monoisotopic (exact) mass is 381 g/mol. The molecule has 3 rings (SSSR count). The maximum Gasteiger partial charge on any atom is 0.233 e. The summed E-state index contributed by atoms with van der Waals surface area (Å²) in [6, 6.07) is 7.72. The average molecular weight is 382 g/mol. The van der Waals surface area contributed by atoms with Crippen LogP contribution in [0.2, 0.25) is 0 Å². The number of rotatable bonds is 4. The summed E-state index contributed by atoms with van der Waals surface area (Å²) in [6.45, 7) is 1.74. The van der Waals surface area contributed by atoms with Crippen LogP contribution in [0.15, 0.2) is 33.9 Å². The summed E-state index contributed by atoms with van der Waals surface area (Å²) in [5, 5.41) is 12.4.